The van der Waals surface area contributed by atoms with Crippen molar-refractivity contribution in [3.05, 3.63) is 63.7 Å². The number of benzene rings is 2. The van der Waals surface area contributed by atoms with E-state index in [1.807, 2.05) is 0 Å². The highest BCUT2D eigenvalue weighted by atomic mass is 19.1. The van der Waals surface area contributed by atoms with Gasteiger partial charge in [0, 0.05) is 6.07 Å². The van der Waals surface area contributed by atoms with E-state index in [0.717, 1.165) is 24.3 Å². The summed E-state index contributed by atoms with van der Waals surface area (Å²) >= 11 is 0. The second-order valence-electron chi connectivity index (χ2n) is 4.62. The Labute approximate surface area is 130 Å². The van der Waals surface area contributed by atoms with E-state index in [0.29, 0.717) is 0 Å². The molecule has 0 saturated carbocycles. The lowest BCUT2D eigenvalue weighted by Crippen LogP contribution is -2.10. The first-order valence-corrected chi connectivity index (χ1v) is 6.50. The molecule has 0 fully saturated rings. The predicted molar refractivity (Wildman–Crippen MR) is 76.5 cm³/mol. The number of non-ortho nitro benzene ring substituents is 1. The Hall–Kier alpha value is -2.74. The van der Waals surface area contributed by atoms with E-state index in [1.165, 1.54) is 19.2 Å². The summed E-state index contributed by atoms with van der Waals surface area (Å²) in [6.07, 6.45) is -1.20. The summed E-state index contributed by atoms with van der Waals surface area (Å²) in [6.45, 7) is -0.327. The third-order valence-corrected chi connectivity index (χ3v) is 3.04. The molecular weight excluding hydrogens is 312 g/mol. The van der Waals surface area contributed by atoms with Crippen molar-refractivity contribution in [3.8, 4) is 11.5 Å². The van der Waals surface area contributed by atoms with Crippen LogP contribution in [0.1, 0.15) is 11.7 Å². The van der Waals surface area contributed by atoms with Crippen molar-refractivity contribution in [3.63, 3.8) is 0 Å². The van der Waals surface area contributed by atoms with Crippen LogP contribution in [0, 0.1) is 21.7 Å². The highest BCUT2D eigenvalue weighted by molar-refractivity contribution is 5.39. The van der Waals surface area contributed by atoms with Gasteiger partial charge in [-0.1, -0.05) is 6.07 Å². The molecule has 0 heterocycles. The normalized spacial score (nSPS) is 11.8. The van der Waals surface area contributed by atoms with Gasteiger partial charge in [-0.05, 0) is 17.7 Å². The van der Waals surface area contributed by atoms with Crippen LogP contribution in [0.2, 0.25) is 0 Å². The Balaban J connectivity index is 2.08. The summed E-state index contributed by atoms with van der Waals surface area (Å²) in [5, 5.41) is 20.6. The van der Waals surface area contributed by atoms with E-state index in [4.69, 9.17) is 9.47 Å². The van der Waals surface area contributed by atoms with Crippen molar-refractivity contribution in [2.75, 3.05) is 13.7 Å². The van der Waals surface area contributed by atoms with Crippen molar-refractivity contribution in [2.45, 2.75) is 6.10 Å². The van der Waals surface area contributed by atoms with E-state index in [1.54, 1.807) is 0 Å². The second kappa shape index (κ2) is 7.01. The van der Waals surface area contributed by atoms with Crippen molar-refractivity contribution in [1.82, 2.24) is 0 Å². The molecule has 122 valence electrons. The fraction of sp³-hybridized carbons (Fsp3) is 0.200. The number of ether oxygens (including phenoxy) is 2. The predicted octanol–water partition coefficient (Wildman–Crippen LogP) is 2.99. The molecule has 0 aliphatic rings. The van der Waals surface area contributed by atoms with Crippen molar-refractivity contribution in [1.29, 1.82) is 0 Å². The lowest BCUT2D eigenvalue weighted by Gasteiger charge is -2.13. The zero-order chi connectivity index (χ0) is 17.0. The highest BCUT2D eigenvalue weighted by Gasteiger charge is 2.14. The van der Waals surface area contributed by atoms with Crippen LogP contribution in [0.15, 0.2) is 36.4 Å². The van der Waals surface area contributed by atoms with Gasteiger partial charge in [-0.3, -0.25) is 10.1 Å². The fourth-order valence-corrected chi connectivity index (χ4v) is 1.90. The maximum atomic E-state index is 13.6. The van der Waals surface area contributed by atoms with E-state index in [2.05, 4.69) is 0 Å². The summed E-state index contributed by atoms with van der Waals surface area (Å²) in [5.41, 5.74) is -0.237. The molecule has 0 aliphatic carbocycles. The minimum absolute atomic E-state index is 0.0302. The van der Waals surface area contributed by atoms with Gasteiger partial charge < -0.3 is 14.6 Å². The van der Waals surface area contributed by atoms with Crippen LogP contribution in [-0.2, 0) is 0 Å². The van der Waals surface area contributed by atoms with Crippen LogP contribution in [0.5, 0.6) is 11.5 Å². The number of nitrogens with zero attached hydrogens (tertiary/aromatic N) is 1. The Bertz CT molecular complexity index is 723. The van der Waals surface area contributed by atoms with Crippen LogP contribution in [0.3, 0.4) is 0 Å². The van der Waals surface area contributed by atoms with Gasteiger partial charge in [-0.15, -0.1) is 0 Å². The van der Waals surface area contributed by atoms with Crippen LogP contribution in [0.25, 0.3) is 0 Å². The molecule has 8 heteroatoms. The largest absolute Gasteiger partial charge is 0.494 e. The number of nitro groups is 1. The third-order valence-electron chi connectivity index (χ3n) is 3.04. The summed E-state index contributed by atoms with van der Waals surface area (Å²) in [5.74, 6) is -1.56. The van der Waals surface area contributed by atoms with E-state index in [-0.39, 0.29) is 23.7 Å². The van der Waals surface area contributed by atoms with Crippen molar-refractivity contribution in [2.24, 2.45) is 0 Å². The van der Waals surface area contributed by atoms with Crippen LogP contribution in [-0.4, -0.2) is 23.7 Å². The van der Waals surface area contributed by atoms with Gasteiger partial charge in [0.15, 0.2) is 11.6 Å². The number of halogens is 2. The molecule has 0 aromatic heterocycles. The first kappa shape index (κ1) is 16.6. The lowest BCUT2D eigenvalue weighted by atomic mass is 10.1. The van der Waals surface area contributed by atoms with Gasteiger partial charge in [-0.25, -0.2) is 8.78 Å². The monoisotopic (exact) mass is 325 g/mol. The van der Waals surface area contributed by atoms with Gasteiger partial charge in [0.05, 0.1) is 24.2 Å². The molecule has 1 N–H and O–H groups in total. The van der Waals surface area contributed by atoms with Crippen molar-refractivity contribution < 1.29 is 28.3 Å². The number of nitro benzene ring substituents is 1. The van der Waals surface area contributed by atoms with Crippen LogP contribution in [0.4, 0.5) is 14.5 Å². The molecule has 0 spiro atoms. The van der Waals surface area contributed by atoms with Gasteiger partial charge in [-0.2, -0.15) is 0 Å². The second-order valence-corrected chi connectivity index (χ2v) is 4.62. The molecule has 6 nitrogen and oxygen atoms in total. The first-order chi connectivity index (χ1) is 10.9. The van der Waals surface area contributed by atoms with E-state index in [9.17, 15) is 24.0 Å². The van der Waals surface area contributed by atoms with E-state index >= 15 is 0 Å². The van der Waals surface area contributed by atoms with Crippen LogP contribution < -0.4 is 9.47 Å². The standard InChI is InChI=1S/C15H13F2NO5/c1-22-15-3-2-9(4-13(15)17)14(19)8-23-12-6-10(16)5-11(7-12)18(20)21/h2-7,14,19H,8H2,1H3. The molecule has 0 aliphatic heterocycles. The summed E-state index contributed by atoms with van der Waals surface area (Å²) < 4.78 is 36.7. The average Bonchev–Trinajstić information content (AvgIpc) is 2.52. The van der Waals surface area contributed by atoms with Gasteiger partial charge in [0.2, 0.25) is 0 Å². The molecular formula is C15H13F2NO5. The molecule has 1 atom stereocenters. The third kappa shape index (κ3) is 4.13. The molecule has 2 aromatic carbocycles. The topological polar surface area (TPSA) is 81.8 Å². The Kier molecular flexibility index (Phi) is 5.07. The minimum atomic E-state index is -1.20. The molecule has 2 rings (SSSR count). The molecule has 0 radical (unpaired) electrons. The molecule has 1 unspecified atom stereocenters. The Morgan fingerprint density at radius 2 is 2.00 bits per heavy atom. The lowest BCUT2D eigenvalue weighted by molar-refractivity contribution is -0.385. The van der Waals surface area contributed by atoms with E-state index < -0.39 is 28.3 Å². The van der Waals surface area contributed by atoms with Gasteiger partial charge >= 0.3 is 0 Å². The maximum Gasteiger partial charge on any atom is 0.276 e. The average molecular weight is 325 g/mol. The maximum absolute atomic E-state index is 13.6. The minimum Gasteiger partial charge on any atom is -0.494 e. The summed E-state index contributed by atoms with van der Waals surface area (Å²) in [4.78, 5) is 9.88. The number of hydrogen-bond donors (Lipinski definition) is 1. The molecule has 23 heavy (non-hydrogen) atoms. The number of methoxy groups -OCH3 is 1. The SMILES string of the molecule is COc1ccc(C(O)COc2cc(F)cc([N+](=O)[O-])c2)cc1F. The molecule has 0 saturated heterocycles. The highest BCUT2D eigenvalue weighted by Crippen LogP contribution is 2.25. The van der Waals surface area contributed by atoms with Gasteiger partial charge in [0.25, 0.3) is 5.69 Å². The zero-order valence-corrected chi connectivity index (χ0v) is 12.0. The zero-order valence-electron chi connectivity index (χ0n) is 12.0. The quantitative estimate of drug-likeness (QED) is 0.652. The summed E-state index contributed by atoms with van der Waals surface area (Å²) in [7, 11) is 1.31. The number of aliphatic hydroxyl groups excluding tert-OH is 1. The molecule has 0 amide bonds. The molecule has 0 bridgehead atoms. The first-order valence-electron chi connectivity index (χ1n) is 6.50. The van der Waals surface area contributed by atoms with Gasteiger partial charge in [0.1, 0.15) is 24.3 Å². The Morgan fingerprint density at radius 3 is 2.61 bits per heavy atom. The smallest absolute Gasteiger partial charge is 0.276 e. The number of rotatable bonds is 6. The fourth-order valence-electron chi connectivity index (χ4n) is 1.90. The number of aliphatic hydroxyl groups is 1. The Morgan fingerprint density at radius 1 is 1.26 bits per heavy atom. The number of hydrogen-bond acceptors (Lipinski definition) is 5. The van der Waals surface area contributed by atoms with Crippen LogP contribution >= 0.6 is 0 Å². The van der Waals surface area contributed by atoms with Crippen molar-refractivity contribution >= 4 is 5.69 Å². The summed E-state index contributed by atoms with van der Waals surface area (Å²) in [6, 6.07) is 6.62. The molecule has 2 aromatic rings.